The molecule has 0 spiro atoms. The van der Waals surface area contributed by atoms with Gasteiger partial charge in [-0.05, 0) is 54.5 Å². The smallest absolute Gasteiger partial charge is 0.0845 e. The molecule has 1 atom stereocenters. The number of piperazine rings is 1. The minimum Gasteiger partial charge on any atom is -0.373 e. The van der Waals surface area contributed by atoms with Gasteiger partial charge in [-0.2, -0.15) is 5.26 Å². The first kappa shape index (κ1) is 26.3. The molecule has 0 bridgehead atoms. The largest absolute Gasteiger partial charge is 0.373 e. The van der Waals surface area contributed by atoms with Gasteiger partial charge < -0.3 is 9.80 Å². The molecule has 2 aromatic rings. The Hall–Kier alpha value is -2.35. The number of hydrogen-bond acceptors (Lipinski definition) is 4. The Morgan fingerprint density at radius 2 is 1.47 bits per heavy atom. The van der Waals surface area contributed by atoms with Crippen LogP contribution >= 0.6 is 0 Å². The van der Waals surface area contributed by atoms with Gasteiger partial charge in [0.2, 0.25) is 0 Å². The van der Waals surface area contributed by atoms with E-state index in [1.54, 1.807) is 0 Å². The van der Waals surface area contributed by atoms with Crippen molar-refractivity contribution in [2.45, 2.75) is 51.9 Å². The van der Waals surface area contributed by atoms with Crippen molar-refractivity contribution in [3.63, 3.8) is 0 Å². The zero-order chi connectivity index (χ0) is 24.6. The van der Waals surface area contributed by atoms with Crippen LogP contribution in [0, 0.1) is 17.2 Å². The minimum atomic E-state index is -0.388. The summed E-state index contributed by atoms with van der Waals surface area (Å²) in [7, 11) is 2.20. The van der Waals surface area contributed by atoms with Crippen LogP contribution in [0.2, 0.25) is 0 Å². The summed E-state index contributed by atoms with van der Waals surface area (Å²) < 4.78 is 0. The van der Waals surface area contributed by atoms with E-state index in [2.05, 4.69) is 104 Å². The summed E-state index contributed by atoms with van der Waals surface area (Å²) in [5.41, 5.74) is 3.48. The van der Waals surface area contributed by atoms with E-state index < -0.39 is 0 Å². The minimum absolute atomic E-state index is 0.301. The molecule has 4 nitrogen and oxygen atoms in total. The molecule has 184 valence electrons. The molecule has 1 aliphatic heterocycles. The van der Waals surface area contributed by atoms with Gasteiger partial charge in [0.05, 0.1) is 11.5 Å². The van der Waals surface area contributed by atoms with Crippen LogP contribution in [0.25, 0.3) is 0 Å². The first-order valence-corrected chi connectivity index (χ1v) is 13.1. The molecule has 2 aromatic carbocycles. The van der Waals surface area contributed by atoms with Gasteiger partial charge in [-0.3, -0.25) is 4.90 Å². The SMILES string of the molecule is CC(C)c1ccc(N(C)CCN2CCN(CCCC(C#N)(c3ccccc3)C(C)C)CC2)cc1. The van der Waals surface area contributed by atoms with E-state index in [9.17, 15) is 5.26 Å². The van der Waals surface area contributed by atoms with Gasteiger partial charge in [0.1, 0.15) is 0 Å². The maximum absolute atomic E-state index is 10.1. The standard InChI is InChI=1S/C30H44N4/c1-25(2)27-12-14-29(15-13-27)32(5)18-19-34-22-20-33(21-23-34)17-9-16-30(24-31,26(3)4)28-10-7-6-8-11-28/h6-8,10-15,25-26H,9,16-23H2,1-5H3. The lowest BCUT2D eigenvalue weighted by Crippen LogP contribution is -2.48. The highest BCUT2D eigenvalue weighted by Crippen LogP contribution is 2.36. The van der Waals surface area contributed by atoms with E-state index >= 15 is 0 Å². The van der Waals surface area contributed by atoms with E-state index in [-0.39, 0.29) is 5.41 Å². The first-order valence-electron chi connectivity index (χ1n) is 13.1. The second-order valence-electron chi connectivity index (χ2n) is 10.6. The Morgan fingerprint density at radius 1 is 0.882 bits per heavy atom. The molecule has 1 fully saturated rings. The number of nitriles is 1. The normalized spacial score (nSPS) is 17.0. The third-order valence-corrected chi connectivity index (χ3v) is 7.74. The Labute approximate surface area is 208 Å². The lowest BCUT2D eigenvalue weighted by atomic mass is 9.70. The topological polar surface area (TPSA) is 33.5 Å². The van der Waals surface area contributed by atoms with E-state index in [0.29, 0.717) is 11.8 Å². The fourth-order valence-corrected chi connectivity index (χ4v) is 5.10. The molecule has 3 rings (SSSR count). The number of anilines is 1. The van der Waals surface area contributed by atoms with E-state index in [4.69, 9.17) is 0 Å². The van der Waals surface area contributed by atoms with Crippen LogP contribution in [0.4, 0.5) is 5.69 Å². The Bertz CT molecular complexity index is 892. The summed E-state index contributed by atoms with van der Waals surface area (Å²) in [4.78, 5) is 7.54. The summed E-state index contributed by atoms with van der Waals surface area (Å²) in [6.45, 7) is 16.6. The van der Waals surface area contributed by atoms with Crippen molar-refractivity contribution in [3.8, 4) is 6.07 Å². The van der Waals surface area contributed by atoms with Gasteiger partial charge in [-0.25, -0.2) is 0 Å². The number of hydrogen-bond donors (Lipinski definition) is 0. The van der Waals surface area contributed by atoms with Crippen LogP contribution in [-0.2, 0) is 5.41 Å². The van der Waals surface area contributed by atoms with Crippen LogP contribution in [-0.4, -0.2) is 62.7 Å². The summed E-state index contributed by atoms with van der Waals surface area (Å²) in [5.74, 6) is 0.881. The molecule has 0 amide bonds. The fourth-order valence-electron chi connectivity index (χ4n) is 5.10. The lowest BCUT2D eigenvalue weighted by molar-refractivity contribution is 0.131. The summed E-state index contributed by atoms with van der Waals surface area (Å²) in [6, 6.07) is 22.1. The molecule has 0 aliphatic carbocycles. The predicted molar refractivity (Wildman–Crippen MR) is 144 cm³/mol. The molecule has 0 radical (unpaired) electrons. The van der Waals surface area contributed by atoms with Gasteiger partial charge in [0.25, 0.3) is 0 Å². The molecule has 34 heavy (non-hydrogen) atoms. The van der Waals surface area contributed by atoms with Crippen molar-refractivity contribution in [3.05, 3.63) is 65.7 Å². The second kappa shape index (κ2) is 12.4. The number of likely N-dealkylation sites (N-methyl/N-ethyl adjacent to an activating group) is 1. The number of rotatable bonds is 11. The van der Waals surface area contributed by atoms with Crippen molar-refractivity contribution in [1.29, 1.82) is 5.26 Å². The van der Waals surface area contributed by atoms with E-state index in [0.717, 1.165) is 58.7 Å². The van der Waals surface area contributed by atoms with Crippen LogP contribution in [0.5, 0.6) is 0 Å². The van der Waals surface area contributed by atoms with Gasteiger partial charge in [-0.1, -0.05) is 70.2 Å². The fraction of sp³-hybridized carbons (Fsp3) is 0.567. The van der Waals surface area contributed by atoms with Gasteiger partial charge >= 0.3 is 0 Å². The molecule has 1 aliphatic rings. The first-order chi connectivity index (χ1) is 16.4. The Kier molecular flexibility index (Phi) is 9.56. The molecular weight excluding hydrogens is 416 g/mol. The average Bonchev–Trinajstić information content (AvgIpc) is 2.86. The third-order valence-electron chi connectivity index (χ3n) is 7.74. The van der Waals surface area contributed by atoms with Crippen molar-refractivity contribution < 1.29 is 0 Å². The molecule has 1 unspecified atom stereocenters. The molecule has 0 saturated carbocycles. The molecule has 1 heterocycles. The molecule has 0 aromatic heterocycles. The summed E-state index contributed by atoms with van der Waals surface area (Å²) in [6.07, 6.45) is 1.99. The quantitative estimate of drug-likeness (QED) is 0.427. The van der Waals surface area contributed by atoms with Crippen molar-refractivity contribution in [2.75, 3.05) is 57.8 Å². The third kappa shape index (κ3) is 6.62. The summed E-state index contributed by atoms with van der Waals surface area (Å²) in [5, 5.41) is 10.1. The van der Waals surface area contributed by atoms with Crippen molar-refractivity contribution in [1.82, 2.24) is 9.80 Å². The zero-order valence-corrected chi connectivity index (χ0v) is 22.0. The van der Waals surface area contributed by atoms with Crippen molar-refractivity contribution >= 4 is 5.69 Å². The summed E-state index contributed by atoms with van der Waals surface area (Å²) >= 11 is 0. The predicted octanol–water partition coefficient (Wildman–Crippen LogP) is 5.76. The molecule has 4 heteroatoms. The van der Waals surface area contributed by atoms with E-state index in [1.165, 1.54) is 16.8 Å². The van der Waals surface area contributed by atoms with E-state index in [1.807, 2.05) is 6.07 Å². The number of nitrogens with zero attached hydrogens (tertiary/aromatic N) is 4. The highest BCUT2D eigenvalue weighted by Gasteiger charge is 2.35. The lowest BCUT2D eigenvalue weighted by Gasteiger charge is -2.37. The Morgan fingerprint density at radius 3 is 2.00 bits per heavy atom. The van der Waals surface area contributed by atoms with Crippen molar-refractivity contribution in [2.24, 2.45) is 5.92 Å². The van der Waals surface area contributed by atoms with Crippen LogP contribution in [0.15, 0.2) is 54.6 Å². The maximum atomic E-state index is 10.1. The number of benzene rings is 2. The maximum Gasteiger partial charge on any atom is 0.0845 e. The molecule has 0 N–H and O–H groups in total. The van der Waals surface area contributed by atoms with Crippen LogP contribution < -0.4 is 4.90 Å². The van der Waals surface area contributed by atoms with Crippen LogP contribution in [0.3, 0.4) is 0 Å². The second-order valence-corrected chi connectivity index (χ2v) is 10.6. The Balaban J connectivity index is 1.41. The highest BCUT2D eigenvalue weighted by atomic mass is 15.3. The van der Waals surface area contributed by atoms with Gasteiger partial charge in [0, 0.05) is 52.0 Å². The van der Waals surface area contributed by atoms with Gasteiger partial charge in [0.15, 0.2) is 0 Å². The highest BCUT2D eigenvalue weighted by molar-refractivity contribution is 5.47. The molecule has 1 saturated heterocycles. The van der Waals surface area contributed by atoms with Gasteiger partial charge in [-0.15, -0.1) is 0 Å². The average molecular weight is 461 g/mol. The molecular formula is C30H44N4. The monoisotopic (exact) mass is 460 g/mol. The van der Waals surface area contributed by atoms with Crippen LogP contribution in [0.1, 0.15) is 57.6 Å². The zero-order valence-electron chi connectivity index (χ0n) is 22.0.